The Bertz CT molecular complexity index is 2100. The van der Waals surface area contributed by atoms with Gasteiger partial charge >= 0.3 is 0 Å². The number of Topliss-reactive ketones (excluding diaryl/α,β-unsaturated/α-hetero) is 1. The number of ketones is 1. The molecular weight excluding hydrogens is 777 g/mol. The monoisotopic (exact) mass is 827 g/mol. The number of methoxy groups -OCH3 is 1. The van der Waals surface area contributed by atoms with E-state index in [1.54, 1.807) is 13.2 Å². The Morgan fingerprint density at radius 3 is 2.52 bits per heavy atom. The number of nitrogens with one attached hydrogen (secondary N) is 2. The third-order valence-corrected chi connectivity index (χ3v) is 12.2. The lowest BCUT2D eigenvalue weighted by atomic mass is 9.82. The van der Waals surface area contributed by atoms with Crippen LogP contribution in [0.3, 0.4) is 0 Å². The predicted octanol–water partition coefficient (Wildman–Crippen LogP) is 8.64. The van der Waals surface area contributed by atoms with Crippen molar-refractivity contribution in [2.24, 2.45) is 11.8 Å². The van der Waals surface area contributed by atoms with Crippen LogP contribution in [0.15, 0.2) is 53.0 Å². The van der Waals surface area contributed by atoms with Gasteiger partial charge < -0.3 is 19.7 Å². The van der Waals surface area contributed by atoms with Crippen LogP contribution in [0.4, 0.5) is 10.2 Å². The molecule has 2 unspecified atom stereocenters. The molecule has 12 heteroatoms. The SMILES string of the molecule is COc1cc2c(N[C@H](C)c3cccc(Br)c3)nc(C)nc2cc1OCCCCCCCN1CCC(c2cc(F)cc3c2CC(C2CCC(=O)NC2=O)C3=O)CC1. The van der Waals surface area contributed by atoms with Crippen LogP contribution in [-0.2, 0) is 16.0 Å². The maximum atomic E-state index is 14.8. The van der Waals surface area contributed by atoms with E-state index in [1.165, 1.54) is 6.07 Å². The summed E-state index contributed by atoms with van der Waals surface area (Å²) in [6, 6.07) is 15.1. The molecular formula is C44H51BrFN5O5. The number of amides is 2. The number of hydrogen-bond donors (Lipinski definition) is 2. The van der Waals surface area contributed by atoms with E-state index in [-0.39, 0.29) is 36.0 Å². The number of aryl methyl sites for hydroxylation is 1. The van der Waals surface area contributed by atoms with Crippen LogP contribution in [0.1, 0.15) is 110 Å². The molecule has 2 amide bonds. The summed E-state index contributed by atoms with van der Waals surface area (Å²) < 4.78 is 27.8. The Labute approximate surface area is 336 Å². The predicted molar refractivity (Wildman–Crippen MR) is 218 cm³/mol. The molecule has 296 valence electrons. The van der Waals surface area contributed by atoms with Crippen LogP contribution in [0.5, 0.6) is 11.5 Å². The Morgan fingerprint density at radius 2 is 1.75 bits per heavy atom. The summed E-state index contributed by atoms with van der Waals surface area (Å²) >= 11 is 3.57. The van der Waals surface area contributed by atoms with Crippen LogP contribution < -0.4 is 20.1 Å². The summed E-state index contributed by atoms with van der Waals surface area (Å²) in [6.45, 7) is 7.51. The number of aromatic nitrogens is 2. The Hall–Kier alpha value is -4.42. The number of unbranched alkanes of at least 4 members (excludes halogenated alkanes) is 4. The first-order valence-electron chi connectivity index (χ1n) is 20.0. The second kappa shape index (κ2) is 17.8. The minimum absolute atomic E-state index is 0.0328. The van der Waals surface area contributed by atoms with Crippen molar-refractivity contribution in [3.05, 3.63) is 86.9 Å². The van der Waals surface area contributed by atoms with Crippen molar-refractivity contribution in [1.82, 2.24) is 20.2 Å². The maximum absolute atomic E-state index is 14.8. The largest absolute Gasteiger partial charge is 0.493 e. The lowest BCUT2D eigenvalue weighted by Crippen LogP contribution is -2.44. The van der Waals surface area contributed by atoms with E-state index in [0.717, 1.165) is 102 Å². The number of halogens is 2. The van der Waals surface area contributed by atoms with Gasteiger partial charge in [0.2, 0.25) is 11.8 Å². The van der Waals surface area contributed by atoms with Crippen molar-refractivity contribution in [2.75, 3.05) is 38.7 Å². The highest BCUT2D eigenvalue weighted by Gasteiger charge is 2.43. The van der Waals surface area contributed by atoms with Crippen molar-refractivity contribution >= 4 is 50.2 Å². The summed E-state index contributed by atoms with van der Waals surface area (Å²) in [4.78, 5) is 49.5. The highest BCUT2D eigenvalue weighted by Crippen LogP contribution is 2.42. The average molecular weight is 829 g/mol. The van der Waals surface area contributed by atoms with E-state index < -0.39 is 17.7 Å². The lowest BCUT2D eigenvalue weighted by Gasteiger charge is -2.33. The molecule has 2 fully saturated rings. The van der Waals surface area contributed by atoms with Gasteiger partial charge in [0.05, 0.1) is 25.3 Å². The van der Waals surface area contributed by atoms with Crippen LogP contribution >= 0.6 is 15.9 Å². The van der Waals surface area contributed by atoms with Gasteiger partial charge in [0.25, 0.3) is 0 Å². The standard InChI is InChI=1S/C44H51BrFN5O5/c1-26(29-10-9-11-30(45)20-29)47-43-37-24-39(55-3)40(25-38(37)48-27(2)49-43)56-19-8-6-4-5-7-16-51-17-14-28(15-18-51)33-21-31(46)22-35-34(33)23-36(42(35)53)32-12-13-41(52)50-44(32)54/h9-11,20-22,24-26,28,32,36H,4-8,12-19,23H2,1-3H3,(H,47,48,49)(H,50,52,54)/t26-,32?,36?/m1/s1. The third kappa shape index (κ3) is 9.07. The number of fused-ring (bicyclic) bond motifs is 2. The molecule has 56 heavy (non-hydrogen) atoms. The molecule has 2 saturated heterocycles. The molecule has 1 aromatic heterocycles. The van der Waals surface area contributed by atoms with Crippen molar-refractivity contribution in [3.8, 4) is 11.5 Å². The molecule has 3 heterocycles. The highest BCUT2D eigenvalue weighted by molar-refractivity contribution is 9.10. The quantitative estimate of drug-likeness (QED) is 0.0896. The zero-order valence-electron chi connectivity index (χ0n) is 32.5. The van der Waals surface area contributed by atoms with Crippen LogP contribution in [0, 0.1) is 24.6 Å². The summed E-state index contributed by atoms with van der Waals surface area (Å²) in [5.74, 6) is 0.643. The first kappa shape index (κ1) is 39.8. The molecule has 3 aliphatic rings. The van der Waals surface area contributed by atoms with Gasteiger partial charge in [0.15, 0.2) is 17.3 Å². The number of hydrogen-bond acceptors (Lipinski definition) is 9. The number of rotatable bonds is 15. The lowest BCUT2D eigenvalue weighted by molar-refractivity contribution is -0.137. The number of nitrogens with zero attached hydrogens (tertiary/aromatic N) is 3. The minimum Gasteiger partial charge on any atom is -0.493 e. The van der Waals surface area contributed by atoms with Crippen molar-refractivity contribution in [3.63, 3.8) is 0 Å². The van der Waals surface area contributed by atoms with E-state index in [0.29, 0.717) is 42.3 Å². The fourth-order valence-corrected chi connectivity index (χ4v) is 9.14. The van der Waals surface area contributed by atoms with E-state index in [9.17, 15) is 18.8 Å². The number of imide groups is 1. The summed E-state index contributed by atoms with van der Waals surface area (Å²) in [5.41, 5.74) is 4.20. The van der Waals surface area contributed by atoms with Gasteiger partial charge in [-0.05, 0) is 125 Å². The van der Waals surface area contributed by atoms with Crippen LogP contribution in [0.2, 0.25) is 0 Å². The molecule has 2 aliphatic heterocycles. The van der Waals surface area contributed by atoms with Crippen molar-refractivity contribution in [2.45, 2.75) is 90.0 Å². The Morgan fingerprint density at radius 1 is 0.964 bits per heavy atom. The number of carbonyl (C=O) groups is 3. The zero-order valence-corrected chi connectivity index (χ0v) is 34.1. The second-order valence-corrected chi connectivity index (χ2v) is 16.5. The smallest absolute Gasteiger partial charge is 0.230 e. The zero-order chi connectivity index (χ0) is 39.3. The topological polar surface area (TPSA) is 123 Å². The minimum atomic E-state index is -0.541. The number of likely N-dealkylation sites (tertiary alicyclic amines) is 1. The summed E-state index contributed by atoms with van der Waals surface area (Å²) in [5, 5.41) is 6.82. The molecule has 0 radical (unpaired) electrons. The van der Waals surface area contributed by atoms with Gasteiger partial charge in [0.1, 0.15) is 17.5 Å². The van der Waals surface area contributed by atoms with Gasteiger partial charge in [-0.1, -0.05) is 47.3 Å². The highest BCUT2D eigenvalue weighted by atomic mass is 79.9. The molecule has 0 spiro atoms. The number of anilines is 1. The second-order valence-electron chi connectivity index (χ2n) is 15.5. The van der Waals surface area contributed by atoms with Gasteiger partial charge in [-0.15, -0.1) is 0 Å². The first-order chi connectivity index (χ1) is 27.1. The van der Waals surface area contributed by atoms with E-state index >= 15 is 0 Å². The average Bonchev–Trinajstić information content (AvgIpc) is 3.50. The molecule has 10 nitrogen and oxygen atoms in total. The van der Waals surface area contributed by atoms with E-state index in [4.69, 9.17) is 19.4 Å². The molecule has 7 rings (SSSR count). The molecule has 0 saturated carbocycles. The Kier molecular flexibility index (Phi) is 12.7. The van der Waals surface area contributed by atoms with Gasteiger partial charge in [0, 0.05) is 39.7 Å². The van der Waals surface area contributed by atoms with Gasteiger partial charge in [-0.3, -0.25) is 19.7 Å². The van der Waals surface area contributed by atoms with Crippen LogP contribution in [-0.4, -0.2) is 65.8 Å². The van der Waals surface area contributed by atoms with Crippen LogP contribution in [0.25, 0.3) is 10.9 Å². The molecule has 3 aromatic carbocycles. The normalized spacial score (nSPS) is 19.6. The third-order valence-electron chi connectivity index (χ3n) is 11.7. The molecule has 3 atom stereocenters. The molecule has 0 bridgehead atoms. The Balaban J connectivity index is 0.840. The van der Waals surface area contributed by atoms with Crippen molar-refractivity contribution in [1.29, 1.82) is 0 Å². The summed E-state index contributed by atoms with van der Waals surface area (Å²) in [7, 11) is 1.65. The molecule has 2 N–H and O–H groups in total. The summed E-state index contributed by atoms with van der Waals surface area (Å²) in [6.07, 6.45) is 8.28. The molecule has 4 aromatic rings. The fraction of sp³-hybridized carbons (Fsp3) is 0.477. The number of carbonyl (C=O) groups excluding carboxylic acids is 3. The molecule has 1 aliphatic carbocycles. The van der Waals surface area contributed by atoms with E-state index in [2.05, 4.69) is 50.5 Å². The van der Waals surface area contributed by atoms with Crippen molar-refractivity contribution < 1.29 is 28.2 Å². The number of ether oxygens (including phenoxy) is 2. The first-order valence-corrected chi connectivity index (χ1v) is 20.8. The van der Waals surface area contributed by atoms with Gasteiger partial charge in [-0.25, -0.2) is 14.4 Å². The van der Waals surface area contributed by atoms with E-state index in [1.807, 2.05) is 31.2 Å². The fourth-order valence-electron chi connectivity index (χ4n) is 8.72. The maximum Gasteiger partial charge on any atom is 0.230 e. The number of piperidine rings is 2. The number of benzene rings is 3. The van der Waals surface area contributed by atoms with Gasteiger partial charge in [-0.2, -0.15) is 0 Å².